The van der Waals surface area contributed by atoms with Crippen LogP contribution in [0, 0.1) is 13.8 Å². The van der Waals surface area contributed by atoms with Crippen molar-refractivity contribution in [1.29, 1.82) is 0 Å². The molecular formula is C23H19Cl2N3O3S. The number of carbonyl (C=O) groups is 1. The first kappa shape index (κ1) is 22.3. The lowest BCUT2D eigenvalue weighted by molar-refractivity contribution is 0.0981. The number of nitrogens with one attached hydrogen (secondary N) is 1. The van der Waals surface area contributed by atoms with E-state index < -0.39 is 15.9 Å². The zero-order chi connectivity index (χ0) is 23.0. The van der Waals surface area contributed by atoms with Crippen molar-refractivity contribution in [3.8, 4) is 0 Å². The first-order valence-corrected chi connectivity index (χ1v) is 11.9. The van der Waals surface area contributed by atoms with E-state index in [9.17, 15) is 13.2 Å². The fourth-order valence-corrected chi connectivity index (χ4v) is 4.80. The van der Waals surface area contributed by atoms with Crippen LogP contribution in [0.4, 0.5) is 0 Å². The molecule has 32 heavy (non-hydrogen) atoms. The molecule has 0 saturated heterocycles. The Hall–Kier alpha value is -2.87. The third-order valence-corrected chi connectivity index (χ3v) is 7.04. The molecule has 0 saturated carbocycles. The number of sulfonamides is 1. The Bertz CT molecular complexity index is 1450. The highest BCUT2D eigenvalue weighted by Gasteiger charge is 2.20. The van der Waals surface area contributed by atoms with E-state index in [1.807, 2.05) is 24.5 Å². The number of carbonyl (C=O) groups excluding carboxylic acids is 1. The summed E-state index contributed by atoms with van der Waals surface area (Å²) in [4.78, 5) is 17.3. The zero-order valence-corrected chi connectivity index (χ0v) is 19.6. The van der Waals surface area contributed by atoms with Crippen LogP contribution in [0.2, 0.25) is 10.0 Å². The van der Waals surface area contributed by atoms with E-state index in [4.69, 9.17) is 23.2 Å². The summed E-state index contributed by atoms with van der Waals surface area (Å²) in [6.45, 7) is 4.13. The van der Waals surface area contributed by atoms with E-state index in [-0.39, 0.29) is 10.5 Å². The minimum atomic E-state index is -3.99. The van der Waals surface area contributed by atoms with Crippen LogP contribution in [0.15, 0.2) is 65.6 Å². The molecule has 0 fully saturated rings. The number of aryl methyl sites for hydroxylation is 2. The predicted molar refractivity (Wildman–Crippen MR) is 126 cm³/mol. The summed E-state index contributed by atoms with van der Waals surface area (Å²) in [5.41, 5.74) is 3.34. The van der Waals surface area contributed by atoms with Crippen molar-refractivity contribution in [2.24, 2.45) is 0 Å². The number of nitrogens with zero attached hydrogens (tertiary/aromatic N) is 2. The maximum absolute atomic E-state index is 12.8. The molecule has 3 aromatic carbocycles. The molecule has 0 aliphatic rings. The van der Waals surface area contributed by atoms with Crippen LogP contribution < -0.4 is 4.72 Å². The van der Waals surface area contributed by atoms with Crippen LogP contribution >= 0.6 is 23.2 Å². The van der Waals surface area contributed by atoms with Crippen molar-refractivity contribution < 1.29 is 13.2 Å². The number of rotatable bonds is 5. The molecule has 0 atom stereocenters. The second-order valence-electron chi connectivity index (χ2n) is 7.43. The Morgan fingerprint density at radius 2 is 1.72 bits per heavy atom. The maximum Gasteiger partial charge on any atom is 0.265 e. The van der Waals surface area contributed by atoms with E-state index in [1.54, 1.807) is 42.5 Å². The Morgan fingerprint density at radius 3 is 2.41 bits per heavy atom. The number of benzene rings is 3. The lowest BCUT2D eigenvalue weighted by Crippen LogP contribution is -2.30. The summed E-state index contributed by atoms with van der Waals surface area (Å²) in [6, 6.07) is 16.4. The molecule has 4 rings (SSSR count). The number of hydrogen-bond donors (Lipinski definition) is 1. The minimum Gasteiger partial charge on any atom is -0.324 e. The second kappa shape index (κ2) is 8.58. The highest BCUT2D eigenvalue weighted by molar-refractivity contribution is 7.90. The highest BCUT2D eigenvalue weighted by Crippen LogP contribution is 2.25. The van der Waals surface area contributed by atoms with Crippen LogP contribution in [0.1, 0.15) is 27.3 Å². The smallest absolute Gasteiger partial charge is 0.265 e. The molecule has 0 unspecified atom stereocenters. The van der Waals surface area contributed by atoms with Gasteiger partial charge >= 0.3 is 0 Å². The minimum absolute atomic E-state index is 0.0239. The summed E-state index contributed by atoms with van der Waals surface area (Å²) >= 11 is 12.3. The molecule has 1 aromatic heterocycles. The number of halogens is 2. The van der Waals surface area contributed by atoms with Crippen LogP contribution in [0.25, 0.3) is 11.0 Å². The van der Waals surface area contributed by atoms with Crippen molar-refractivity contribution >= 4 is 50.2 Å². The van der Waals surface area contributed by atoms with Crippen molar-refractivity contribution in [3.63, 3.8) is 0 Å². The third-order valence-electron chi connectivity index (χ3n) is 5.10. The van der Waals surface area contributed by atoms with Gasteiger partial charge in [-0.15, -0.1) is 0 Å². The molecule has 1 amide bonds. The van der Waals surface area contributed by atoms with E-state index in [1.165, 1.54) is 12.1 Å². The summed E-state index contributed by atoms with van der Waals surface area (Å²) < 4.78 is 29.2. The predicted octanol–water partition coefficient (Wildman–Crippen LogP) is 5.13. The topological polar surface area (TPSA) is 81.1 Å². The van der Waals surface area contributed by atoms with E-state index >= 15 is 0 Å². The van der Waals surface area contributed by atoms with Crippen molar-refractivity contribution in [3.05, 3.63) is 93.2 Å². The molecular weight excluding hydrogens is 469 g/mol. The molecule has 1 heterocycles. The number of hydrogen-bond acceptors (Lipinski definition) is 4. The Labute approximate surface area is 195 Å². The van der Waals surface area contributed by atoms with Gasteiger partial charge < -0.3 is 4.57 Å². The molecule has 164 valence electrons. The molecule has 0 spiro atoms. The number of imidazole rings is 1. The van der Waals surface area contributed by atoms with Gasteiger partial charge in [-0.3, -0.25) is 4.79 Å². The van der Waals surface area contributed by atoms with E-state index in [2.05, 4.69) is 9.71 Å². The molecule has 0 aliphatic carbocycles. The fourth-order valence-electron chi connectivity index (χ4n) is 3.36. The van der Waals surface area contributed by atoms with E-state index in [0.717, 1.165) is 17.0 Å². The van der Waals surface area contributed by atoms with Gasteiger partial charge in [0.1, 0.15) is 5.82 Å². The van der Waals surface area contributed by atoms with Crippen molar-refractivity contribution in [2.75, 3.05) is 0 Å². The summed E-state index contributed by atoms with van der Waals surface area (Å²) in [7, 11) is -3.99. The SMILES string of the molecule is Cc1ccc(S(=O)(=O)NC(=O)c2ccc3nc(C)n(Cc4ccc(Cl)cc4Cl)c3c2)cc1. The summed E-state index contributed by atoms with van der Waals surface area (Å²) in [6.07, 6.45) is 0. The van der Waals surface area contributed by atoms with Gasteiger partial charge in [0.05, 0.1) is 22.5 Å². The van der Waals surface area contributed by atoms with Crippen LogP contribution in [-0.2, 0) is 16.6 Å². The molecule has 1 N–H and O–H groups in total. The van der Waals surface area contributed by atoms with Gasteiger partial charge in [-0.1, -0.05) is 47.0 Å². The van der Waals surface area contributed by atoms with Gasteiger partial charge in [0.25, 0.3) is 15.9 Å². The van der Waals surface area contributed by atoms with Gasteiger partial charge in [-0.2, -0.15) is 0 Å². The van der Waals surface area contributed by atoms with Crippen LogP contribution in [-0.4, -0.2) is 23.9 Å². The highest BCUT2D eigenvalue weighted by atomic mass is 35.5. The second-order valence-corrected chi connectivity index (χ2v) is 9.96. The number of amides is 1. The van der Waals surface area contributed by atoms with Crippen LogP contribution in [0.3, 0.4) is 0 Å². The molecule has 6 nitrogen and oxygen atoms in total. The van der Waals surface area contributed by atoms with Gasteiger partial charge in [0, 0.05) is 15.6 Å². The fraction of sp³-hybridized carbons (Fsp3) is 0.130. The molecule has 0 aliphatic heterocycles. The summed E-state index contributed by atoms with van der Waals surface area (Å²) in [5, 5.41) is 1.07. The molecule has 9 heteroatoms. The molecule has 0 bridgehead atoms. The van der Waals surface area contributed by atoms with Gasteiger partial charge in [0.2, 0.25) is 0 Å². The summed E-state index contributed by atoms with van der Waals surface area (Å²) in [5.74, 6) is 0.0123. The quantitative estimate of drug-likeness (QED) is 0.423. The lowest BCUT2D eigenvalue weighted by Gasteiger charge is -2.10. The first-order valence-electron chi connectivity index (χ1n) is 9.69. The Morgan fingerprint density at radius 1 is 1.00 bits per heavy atom. The average molecular weight is 488 g/mol. The zero-order valence-electron chi connectivity index (χ0n) is 17.3. The van der Waals surface area contributed by atoms with Crippen molar-refractivity contribution in [1.82, 2.24) is 14.3 Å². The van der Waals surface area contributed by atoms with E-state index in [0.29, 0.717) is 27.6 Å². The molecule has 4 aromatic rings. The number of aromatic nitrogens is 2. The monoisotopic (exact) mass is 487 g/mol. The first-order chi connectivity index (χ1) is 15.1. The average Bonchev–Trinajstić information content (AvgIpc) is 3.04. The van der Waals surface area contributed by atoms with Gasteiger partial charge in [0.15, 0.2) is 0 Å². The van der Waals surface area contributed by atoms with Crippen molar-refractivity contribution in [2.45, 2.75) is 25.3 Å². The van der Waals surface area contributed by atoms with Crippen LogP contribution in [0.5, 0.6) is 0 Å². The largest absolute Gasteiger partial charge is 0.324 e. The number of fused-ring (bicyclic) bond motifs is 1. The Kier molecular flexibility index (Phi) is 5.99. The Balaban J connectivity index is 1.66. The van der Waals surface area contributed by atoms with Gasteiger partial charge in [-0.25, -0.2) is 18.1 Å². The third kappa shape index (κ3) is 4.50. The maximum atomic E-state index is 12.8. The lowest BCUT2D eigenvalue weighted by atomic mass is 10.2. The molecule has 0 radical (unpaired) electrons. The standard InChI is InChI=1S/C23H19Cl2N3O3S/c1-14-3-8-19(9-4-14)32(30,31)27-23(29)16-6-10-21-22(11-16)28(15(2)26-21)13-17-5-7-18(24)12-20(17)25/h3-12H,13H2,1-2H3,(H,27,29). The van der Waals surface area contributed by atoms with Gasteiger partial charge in [-0.05, 0) is 61.9 Å². The normalized spacial score (nSPS) is 11.6.